The molecule has 0 saturated carbocycles. The Bertz CT molecular complexity index is 1270. The van der Waals surface area contributed by atoms with E-state index in [1.807, 2.05) is 0 Å². The largest absolute Gasteiger partial charge is 0.353 e. The number of hydrogen-bond acceptors (Lipinski definition) is 5. The van der Waals surface area contributed by atoms with Crippen LogP contribution < -0.4 is 16.0 Å². The summed E-state index contributed by atoms with van der Waals surface area (Å²) < 4.78 is 27.8. The van der Waals surface area contributed by atoms with Crippen LogP contribution >= 0.6 is 11.6 Å². The highest BCUT2D eigenvalue weighted by atomic mass is 35.5. The Morgan fingerprint density at radius 2 is 1.89 bits per heavy atom. The van der Waals surface area contributed by atoms with Gasteiger partial charge in [-0.15, -0.1) is 0 Å². The van der Waals surface area contributed by atoms with Crippen LogP contribution in [0.3, 0.4) is 0 Å². The molecule has 0 radical (unpaired) electrons. The van der Waals surface area contributed by atoms with Gasteiger partial charge >= 0.3 is 0 Å². The Hall–Kier alpha value is -2.46. The van der Waals surface area contributed by atoms with Gasteiger partial charge < -0.3 is 16.0 Å². The summed E-state index contributed by atoms with van der Waals surface area (Å²) >= 11 is 5.92. The molecule has 0 aromatic heterocycles. The van der Waals surface area contributed by atoms with Crippen LogP contribution in [0.1, 0.15) is 62.8 Å². The summed E-state index contributed by atoms with van der Waals surface area (Å²) in [4.78, 5) is 25.9. The number of nitrogens with one attached hydrogen (secondary N) is 3. The third-order valence-corrected chi connectivity index (χ3v) is 9.10. The topological polar surface area (TPSA) is 108 Å². The molecule has 38 heavy (non-hydrogen) atoms. The number of piperazine rings is 1. The minimum atomic E-state index is -3.98. The van der Waals surface area contributed by atoms with Crippen LogP contribution in [0.4, 0.5) is 0 Å². The number of carbonyl (C=O) groups is 2. The molecule has 0 unspecified atom stereocenters. The molecule has 2 atom stereocenters. The average Bonchev–Trinajstić information content (AvgIpc) is 2.85. The third kappa shape index (κ3) is 6.94. The molecule has 1 fully saturated rings. The van der Waals surface area contributed by atoms with E-state index in [0.717, 1.165) is 42.2 Å². The van der Waals surface area contributed by atoms with E-state index < -0.39 is 22.0 Å². The number of carbonyl (C=O) groups excluding carboxylic acids is 2. The normalized spacial score (nSPS) is 20.5. The number of benzene rings is 2. The highest BCUT2D eigenvalue weighted by molar-refractivity contribution is 7.89. The third-order valence-electron chi connectivity index (χ3n) is 6.92. The van der Waals surface area contributed by atoms with Gasteiger partial charge in [-0.3, -0.25) is 9.59 Å². The van der Waals surface area contributed by atoms with Gasteiger partial charge in [0.1, 0.15) is 6.04 Å². The lowest BCUT2D eigenvalue weighted by molar-refractivity contribution is -0.132. The Kier molecular flexibility index (Phi) is 8.82. The van der Waals surface area contributed by atoms with Crippen molar-refractivity contribution in [3.63, 3.8) is 0 Å². The fourth-order valence-electron chi connectivity index (χ4n) is 5.06. The molecule has 1 saturated heterocycles. The lowest BCUT2D eigenvalue weighted by Crippen LogP contribution is -2.58. The van der Waals surface area contributed by atoms with Crippen LogP contribution in [0, 0.1) is 5.41 Å². The molecule has 4 rings (SSSR count). The van der Waals surface area contributed by atoms with Gasteiger partial charge in [-0.1, -0.05) is 50.6 Å². The lowest BCUT2D eigenvalue weighted by atomic mass is 9.86. The summed E-state index contributed by atoms with van der Waals surface area (Å²) in [6.45, 7) is 8.58. The van der Waals surface area contributed by atoms with Gasteiger partial charge in [0.25, 0.3) is 0 Å². The van der Waals surface area contributed by atoms with Crippen molar-refractivity contribution in [3.8, 4) is 0 Å². The summed E-state index contributed by atoms with van der Waals surface area (Å²) in [6.07, 6.45) is 2.44. The highest BCUT2D eigenvalue weighted by Gasteiger charge is 2.40. The number of amides is 2. The van der Waals surface area contributed by atoms with E-state index in [4.69, 9.17) is 11.6 Å². The highest BCUT2D eigenvalue weighted by Crippen LogP contribution is 2.31. The van der Waals surface area contributed by atoms with Gasteiger partial charge in [0.15, 0.2) is 0 Å². The van der Waals surface area contributed by atoms with E-state index in [-0.39, 0.29) is 41.8 Å². The van der Waals surface area contributed by atoms with E-state index in [2.05, 4.69) is 54.9 Å². The monoisotopic (exact) mass is 560 g/mol. The van der Waals surface area contributed by atoms with Crippen molar-refractivity contribution in [2.75, 3.05) is 19.6 Å². The summed E-state index contributed by atoms with van der Waals surface area (Å²) in [6, 6.07) is 10.9. The van der Waals surface area contributed by atoms with E-state index in [1.165, 1.54) is 35.4 Å². The maximum Gasteiger partial charge on any atom is 0.243 e. The van der Waals surface area contributed by atoms with Crippen molar-refractivity contribution in [1.29, 1.82) is 0 Å². The molecule has 2 amide bonds. The van der Waals surface area contributed by atoms with Crippen LogP contribution in [0.25, 0.3) is 0 Å². The van der Waals surface area contributed by atoms with Crippen LogP contribution in [-0.2, 0) is 32.6 Å². The zero-order valence-electron chi connectivity index (χ0n) is 22.2. The number of rotatable bonds is 8. The second-order valence-electron chi connectivity index (χ2n) is 11.3. The fourth-order valence-corrected chi connectivity index (χ4v) is 6.77. The molecule has 1 aliphatic carbocycles. The van der Waals surface area contributed by atoms with E-state index in [9.17, 15) is 18.0 Å². The van der Waals surface area contributed by atoms with Crippen LogP contribution in [0.15, 0.2) is 47.4 Å². The molecule has 10 heteroatoms. The first-order valence-corrected chi connectivity index (χ1v) is 14.9. The molecule has 8 nitrogen and oxygen atoms in total. The standard InChI is InChI=1S/C28H37ClN4O4S/c1-28(2,3)18-30-17-19-7-12-23-20(15-19)5-4-6-24(23)32-26(34)16-25-27(35)31-13-14-33(25)38(36,37)22-10-8-21(29)9-11-22/h7-12,15,24-25,30H,4-6,13-14,16-18H2,1-3H3,(H,31,35)(H,32,34)/t24-,25-/m1/s1. The van der Waals surface area contributed by atoms with Crippen molar-refractivity contribution < 1.29 is 18.0 Å². The molecular weight excluding hydrogens is 524 g/mol. The maximum atomic E-state index is 13.3. The zero-order valence-corrected chi connectivity index (χ0v) is 23.8. The number of aryl methyl sites for hydroxylation is 1. The van der Waals surface area contributed by atoms with Gasteiger partial charge in [0.2, 0.25) is 21.8 Å². The molecule has 2 aromatic rings. The van der Waals surface area contributed by atoms with Crippen molar-refractivity contribution in [2.45, 2.75) is 70.0 Å². The Labute approximate surface area is 230 Å². The second-order valence-corrected chi connectivity index (χ2v) is 13.6. The minimum Gasteiger partial charge on any atom is -0.353 e. The lowest BCUT2D eigenvalue weighted by Gasteiger charge is -2.34. The molecule has 206 valence electrons. The Balaban J connectivity index is 1.44. The summed E-state index contributed by atoms with van der Waals surface area (Å²) in [5.74, 6) is -0.822. The number of sulfonamides is 1. The van der Waals surface area contributed by atoms with Gasteiger partial charge in [-0.2, -0.15) is 4.31 Å². The fraction of sp³-hybridized carbons (Fsp3) is 0.500. The van der Waals surface area contributed by atoms with E-state index in [1.54, 1.807) is 0 Å². The predicted octanol–water partition coefficient (Wildman–Crippen LogP) is 3.55. The number of halogens is 1. The van der Waals surface area contributed by atoms with Crippen LogP contribution in [-0.4, -0.2) is 50.2 Å². The first-order valence-electron chi connectivity index (χ1n) is 13.1. The molecule has 0 bridgehead atoms. The second kappa shape index (κ2) is 11.7. The maximum absolute atomic E-state index is 13.3. The van der Waals surface area contributed by atoms with Crippen molar-refractivity contribution in [2.24, 2.45) is 5.41 Å². The van der Waals surface area contributed by atoms with Gasteiger partial charge in [0, 0.05) is 31.2 Å². The summed E-state index contributed by atoms with van der Waals surface area (Å²) in [5, 5.41) is 9.69. The molecule has 1 heterocycles. The first kappa shape index (κ1) is 28.5. The van der Waals surface area contributed by atoms with Gasteiger partial charge in [-0.25, -0.2) is 8.42 Å². The van der Waals surface area contributed by atoms with Crippen LogP contribution in [0.5, 0.6) is 0 Å². The summed E-state index contributed by atoms with van der Waals surface area (Å²) in [7, 11) is -3.98. The average molecular weight is 561 g/mol. The van der Waals surface area contributed by atoms with Crippen LogP contribution in [0.2, 0.25) is 5.02 Å². The SMILES string of the molecule is CC(C)(C)CNCc1ccc2c(c1)CCC[C@H]2NC(=O)C[C@@H]1C(=O)NCCN1S(=O)(=O)c1ccc(Cl)cc1. The van der Waals surface area contributed by atoms with E-state index in [0.29, 0.717) is 5.02 Å². The van der Waals surface area contributed by atoms with Gasteiger partial charge in [0.05, 0.1) is 17.4 Å². The number of fused-ring (bicyclic) bond motifs is 1. The van der Waals surface area contributed by atoms with Crippen molar-refractivity contribution >= 4 is 33.4 Å². The molecule has 2 aliphatic rings. The quantitative estimate of drug-likeness (QED) is 0.458. The molecule has 2 aromatic carbocycles. The smallest absolute Gasteiger partial charge is 0.243 e. The molecule has 1 aliphatic heterocycles. The Morgan fingerprint density at radius 3 is 2.61 bits per heavy atom. The predicted molar refractivity (Wildman–Crippen MR) is 148 cm³/mol. The minimum absolute atomic E-state index is 0.0380. The Morgan fingerprint density at radius 1 is 1.16 bits per heavy atom. The van der Waals surface area contributed by atoms with Crippen molar-refractivity contribution in [3.05, 3.63) is 64.2 Å². The van der Waals surface area contributed by atoms with Gasteiger partial charge in [-0.05, 0) is 65.6 Å². The zero-order chi connectivity index (χ0) is 27.5. The molecule has 0 spiro atoms. The summed E-state index contributed by atoms with van der Waals surface area (Å²) in [5.41, 5.74) is 3.73. The number of hydrogen-bond donors (Lipinski definition) is 3. The molecular formula is C28H37ClN4O4S. The van der Waals surface area contributed by atoms with Crippen molar-refractivity contribution in [1.82, 2.24) is 20.3 Å². The molecule has 3 N–H and O–H groups in total. The number of nitrogens with zero attached hydrogens (tertiary/aromatic N) is 1. The first-order chi connectivity index (χ1) is 17.9. The van der Waals surface area contributed by atoms with E-state index >= 15 is 0 Å².